The van der Waals surface area contributed by atoms with E-state index in [1.165, 1.54) is 0 Å². The molecule has 1 atom stereocenters. The molecule has 1 aliphatic rings. The van der Waals surface area contributed by atoms with Crippen LogP contribution in [0.1, 0.15) is 26.7 Å². The summed E-state index contributed by atoms with van der Waals surface area (Å²) in [5.74, 6) is -0.682. The summed E-state index contributed by atoms with van der Waals surface area (Å²) in [7, 11) is -1.45. The molecule has 1 unspecified atom stereocenters. The summed E-state index contributed by atoms with van der Waals surface area (Å²) in [6, 6.07) is 0. The van der Waals surface area contributed by atoms with E-state index in [0.717, 1.165) is 0 Å². The monoisotopic (exact) mass is 364 g/mol. The Morgan fingerprint density at radius 3 is 2.28 bits per heavy atom. The van der Waals surface area contributed by atoms with Crippen LogP contribution >= 0.6 is 9.16 Å². The van der Waals surface area contributed by atoms with Crippen LogP contribution in [0.2, 0.25) is 0 Å². The predicted octanol–water partition coefficient (Wildman–Crippen LogP) is 1.09. The molecule has 0 aromatic rings. The summed E-state index contributed by atoms with van der Waals surface area (Å²) in [4.78, 5) is 22.6. The van der Waals surface area contributed by atoms with E-state index >= 15 is 0 Å². The molecule has 0 aromatic heterocycles. The number of hydrogen-bond donors (Lipinski definition) is 1. The van der Waals surface area contributed by atoms with Crippen LogP contribution in [0.15, 0.2) is 0 Å². The second kappa shape index (κ2) is 8.91. The van der Waals surface area contributed by atoms with Gasteiger partial charge in [0.25, 0.3) is 0 Å². The molecule has 8 heteroatoms. The molecule has 0 bridgehead atoms. The summed E-state index contributed by atoms with van der Waals surface area (Å²) in [5, 5.41) is 0. The van der Waals surface area contributed by atoms with Gasteiger partial charge in [0.15, 0.2) is 0 Å². The van der Waals surface area contributed by atoms with Gasteiger partial charge in [0, 0.05) is 0 Å². The Balaban J connectivity index is 2.46. The molecule has 6 nitrogen and oxygen atoms in total. The van der Waals surface area contributed by atoms with Gasteiger partial charge in [0.1, 0.15) is 0 Å². The molecule has 0 amide bonds. The van der Waals surface area contributed by atoms with E-state index in [9.17, 15) is 9.59 Å². The average Bonchev–Trinajstić information content (AvgIpc) is 2.39. The van der Waals surface area contributed by atoms with Gasteiger partial charge in [-0.1, -0.05) is 0 Å². The van der Waals surface area contributed by atoms with Crippen LogP contribution in [0.25, 0.3) is 0 Å². The molecular formula is C10H18MoO6S. The first kappa shape index (κ1) is 16.0. The third-order valence-electron chi connectivity index (χ3n) is 1.92. The van der Waals surface area contributed by atoms with Gasteiger partial charge in [-0.2, -0.15) is 0 Å². The fourth-order valence-electron chi connectivity index (χ4n) is 0.980. The number of carbonyl (C=O) groups excluding carboxylic acids is 2. The van der Waals surface area contributed by atoms with Crippen molar-refractivity contribution in [3.05, 3.63) is 0 Å². The van der Waals surface area contributed by atoms with Gasteiger partial charge in [-0.05, 0) is 0 Å². The summed E-state index contributed by atoms with van der Waals surface area (Å²) in [6.07, 6.45) is 0.551. The molecule has 0 aliphatic carbocycles. The zero-order chi connectivity index (χ0) is 13.4. The van der Waals surface area contributed by atoms with Gasteiger partial charge in [0.2, 0.25) is 0 Å². The zero-order valence-corrected chi connectivity index (χ0v) is 13.3. The Hall–Kier alpha value is -0.102. The van der Waals surface area contributed by atoms with Gasteiger partial charge in [-0.15, -0.1) is 0 Å². The maximum absolute atomic E-state index is 11.3. The molecule has 0 aromatic carbocycles. The van der Waals surface area contributed by atoms with E-state index in [2.05, 4.69) is 0 Å². The first-order chi connectivity index (χ1) is 8.65. The second-order valence-electron chi connectivity index (χ2n) is 3.34. The molecule has 1 aliphatic heterocycles. The third-order valence-corrected chi connectivity index (χ3v) is 7.80. The number of thiol groups is 1. The molecule has 1 fully saturated rings. The Bertz CT molecular complexity index is 264. The Morgan fingerprint density at radius 1 is 1.22 bits per heavy atom. The number of carbonyl (C=O) groups is 2. The number of rotatable bonds is 6. The minimum atomic E-state index is -1.45. The normalized spacial score (nSPS) is 20.1. The van der Waals surface area contributed by atoms with Crippen molar-refractivity contribution in [3.8, 4) is 0 Å². The molecule has 0 radical (unpaired) electrons. The maximum atomic E-state index is 11.3. The summed E-state index contributed by atoms with van der Waals surface area (Å²) in [6.45, 7) is 5.04. The predicted molar refractivity (Wildman–Crippen MR) is 62.3 cm³/mol. The minimum absolute atomic E-state index is 0.0513. The molecule has 106 valence electrons. The van der Waals surface area contributed by atoms with Crippen LogP contribution in [0.5, 0.6) is 0 Å². The molecule has 0 saturated carbocycles. The summed E-state index contributed by atoms with van der Waals surface area (Å²) >= 11 is -0.906. The van der Waals surface area contributed by atoms with Crippen molar-refractivity contribution in [2.45, 2.75) is 31.2 Å². The SMILES string of the molecule is CCC(=O)O[SH](OC(=O)CC)[Mo][CH]1COCCO1. The molecule has 1 heterocycles. The van der Waals surface area contributed by atoms with Gasteiger partial charge in [-0.3, -0.25) is 0 Å². The van der Waals surface area contributed by atoms with Crippen LogP contribution in [0.4, 0.5) is 0 Å². The van der Waals surface area contributed by atoms with Crippen LogP contribution in [-0.2, 0) is 44.7 Å². The van der Waals surface area contributed by atoms with Crippen molar-refractivity contribution in [2.24, 2.45) is 0 Å². The standard InChI is InChI=1S/C6H10O4S.C4H7O2.Mo/c1-3-5(7)9-11-10-6(8)4-2;1-2-6-4-3-5-1;/h3-4H2,1-2H3;1H,2-4H2;/q;;-1/p+1. The fourth-order valence-corrected chi connectivity index (χ4v) is 6.65. The van der Waals surface area contributed by atoms with E-state index < -0.39 is 26.4 Å². The van der Waals surface area contributed by atoms with Crippen LogP contribution in [-0.4, -0.2) is 36.3 Å². The molecular weight excluding hydrogens is 344 g/mol. The first-order valence-electron chi connectivity index (χ1n) is 5.73. The van der Waals surface area contributed by atoms with Crippen LogP contribution in [0.3, 0.4) is 0 Å². The van der Waals surface area contributed by atoms with Crippen molar-refractivity contribution in [3.63, 3.8) is 0 Å². The zero-order valence-electron chi connectivity index (χ0n) is 10.4. The first-order valence-corrected chi connectivity index (χ1v) is 10.7. The van der Waals surface area contributed by atoms with Gasteiger partial charge in [0.05, 0.1) is 0 Å². The van der Waals surface area contributed by atoms with E-state index in [0.29, 0.717) is 19.8 Å². The fraction of sp³-hybridized carbons (Fsp3) is 0.800. The van der Waals surface area contributed by atoms with Crippen molar-refractivity contribution >= 4 is 21.1 Å². The van der Waals surface area contributed by atoms with Crippen molar-refractivity contribution < 1.29 is 44.7 Å². The summed E-state index contributed by atoms with van der Waals surface area (Å²) in [5.41, 5.74) is 0. The van der Waals surface area contributed by atoms with Crippen molar-refractivity contribution in [1.82, 2.24) is 0 Å². The van der Waals surface area contributed by atoms with Gasteiger partial charge in [-0.25, -0.2) is 0 Å². The van der Waals surface area contributed by atoms with Crippen molar-refractivity contribution in [2.75, 3.05) is 19.8 Å². The molecule has 1 rings (SSSR count). The molecule has 1 saturated heterocycles. The van der Waals surface area contributed by atoms with Crippen molar-refractivity contribution in [1.29, 1.82) is 0 Å². The Kier molecular flexibility index (Phi) is 7.89. The quantitative estimate of drug-likeness (QED) is 0.564. The van der Waals surface area contributed by atoms with E-state index in [1.54, 1.807) is 13.8 Å². The Morgan fingerprint density at radius 2 is 1.83 bits per heavy atom. The van der Waals surface area contributed by atoms with Gasteiger partial charge < -0.3 is 0 Å². The summed E-state index contributed by atoms with van der Waals surface area (Å²) < 4.78 is 21.1. The van der Waals surface area contributed by atoms with Crippen LogP contribution < -0.4 is 0 Å². The molecule has 0 N–H and O–H groups in total. The van der Waals surface area contributed by atoms with E-state index in [4.69, 9.17) is 17.8 Å². The van der Waals surface area contributed by atoms with E-state index in [-0.39, 0.29) is 29.3 Å². The second-order valence-corrected chi connectivity index (χ2v) is 9.41. The number of hydrogen-bond acceptors (Lipinski definition) is 6. The average molecular weight is 362 g/mol. The molecule has 18 heavy (non-hydrogen) atoms. The van der Waals surface area contributed by atoms with Crippen LogP contribution in [0, 0.1) is 0 Å². The molecule has 0 spiro atoms. The third kappa shape index (κ3) is 6.18. The Labute approximate surface area is 117 Å². The number of ether oxygens (including phenoxy) is 2. The van der Waals surface area contributed by atoms with Gasteiger partial charge >= 0.3 is 117 Å². The topological polar surface area (TPSA) is 71.1 Å². The van der Waals surface area contributed by atoms with E-state index in [1.807, 2.05) is 0 Å².